The largest absolute Gasteiger partial charge is 0.312 e. The van der Waals surface area contributed by atoms with Crippen molar-refractivity contribution in [1.29, 1.82) is 0 Å². The van der Waals surface area contributed by atoms with Crippen LogP contribution in [0.2, 0.25) is 0 Å². The number of nitrogens with zero attached hydrogens (tertiary/aromatic N) is 2. The van der Waals surface area contributed by atoms with Crippen molar-refractivity contribution in [3.05, 3.63) is 29.8 Å². The van der Waals surface area contributed by atoms with E-state index in [0.29, 0.717) is 6.04 Å². The van der Waals surface area contributed by atoms with E-state index >= 15 is 0 Å². The first-order valence-electron chi connectivity index (χ1n) is 5.68. The van der Waals surface area contributed by atoms with Gasteiger partial charge in [-0.25, -0.2) is 0 Å². The van der Waals surface area contributed by atoms with Crippen LogP contribution in [0.4, 0.5) is 0 Å². The summed E-state index contributed by atoms with van der Waals surface area (Å²) in [5.74, 6) is 0. The molecule has 1 saturated heterocycles. The molecule has 1 aromatic carbocycles. The normalized spacial score (nSPS) is 20.7. The van der Waals surface area contributed by atoms with Crippen molar-refractivity contribution in [3.63, 3.8) is 0 Å². The summed E-state index contributed by atoms with van der Waals surface area (Å²) in [4.78, 5) is 1.15. The molecule has 1 aromatic rings. The van der Waals surface area contributed by atoms with Gasteiger partial charge in [0.25, 0.3) is 0 Å². The van der Waals surface area contributed by atoms with Gasteiger partial charge in [0.1, 0.15) is 0 Å². The number of aryl methyl sites for hydroxylation is 1. The summed E-state index contributed by atoms with van der Waals surface area (Å²) in [6, 6.07) is 8.88. The fourth-order valence-electron chi connectivity index (χ4n) is 1.72. The Hall–Kier alpha value is -0.870. The summed E-state index contributed by atoms with van der Waals surface area (Å²) in [6.45, 7) is 4.02. The van der Waals surface area contributed by atoms with Crippen LogP contribution in [0.1, 0.15) is 18.4 Å². The summed E-state index contributed by atoms with van der Waals surface area (Å²) < 4.78 is 4.14. The standard InChI is InChI=1S/C12H17N3S/c1-10-4-6-12(7-5-10)16-15-14-9-11-3-2-8-13-11/h4-7,11,13H,2-3,8-9H2,1H3. The van der Waals surface area contributed by atoms with Gasteiger partial charge >= 0.3 is 0 Å². The predicted octanol–water partition coefficient (Wildman–Crippen LogP) is 3.21. The lowest BCUT2D eigenvalue weighted by Crippen LogP contribution is -2.23. The average molecular weight is 235 g/mol. The minimum Gasteiger partial charge on any atom is -0.312 e. The SMILES string of the molecule is Cc1ccc(SN=NCC2CCCN2)cc1. The number of benzene rings is 1. The molecule has 1 aliphatic rings. The lowest BCUT2D eigenvalue weighted by molar-refractivity contribution is 0.608. The Kier molecular flexibility index (Phi) is 4.36. The van der Waals surface area contributed by atoms with Crippen molar-refractivity contribution in [3.8, 4) is 0 Å². The van der Waals surface area contributed by atoms with E-state index in [1.54, 1.807) is 0 Å². The van der Waals surface area contributed by atoms with E-state index < -0.39 is 0 Å². The summed E-state index contributed by atoms with van der Waals surface area (Å²) in [5.41, 5.74) is 1.27. The maximum Gasteiger partial charge on any atom is 0.0763 e. The average Bonchev–Trinajstić information content (AvgIpc) is 2.80. The zero-order valence-corrected chi connectivity index (χ0v) is 10.3. The molecule has 0 aromatic heterocycles. The van der Waals surface area contributed by atoms with Crippen molar-refractivity contribution >= 4 is 11.9 Å². The minimum atomic E-state index is 0.544. The van der Waals surface area contributed by atoms with Gasteiger partial charge in [-0.15, -0.1) is 4.52 Å². The maximum atomic E-state index is 4.20. The fraction of sp³-hybridized carbons (Fsp3) is 0.500. The molecule has 1 aliphatic heterocycles. The second kappa shape index (κ2) is 6.01. The molecule has 0 spiro atoms. The Balaban J connectivity index is 1.73. The first-order chi connectivity index (χ1) is 7.84. The molecule has 2 rings (SSSR count). The summed E-state index contributed by atoms with van der Waals surface area (Å²) >= 11 is 1.44. The van der Waals surface area contributed by atoms with Gasteiger partial charge in [-0.2, -0.15) is 5.11 Å². The van der Waals surface area contributed by atoms with E-state index in [-0.39, 0.29) is 0 Å². The van der Waals surface area contributed by atoms with Gasteiger partial charge in [0.15, 0.2) is 0 Å². The Bertz CT molecular complexity index is 342. The van der Waals surface area contributed by atoms with E-state index in [1.807, 2.05) is 0 Å². The second-order valence-corrected chi connectivity index (χ2v) is 4.92. The van der Waals surface area contributed by atoms with Gasteiger partial charge in [-0.3, -0.25) is 0 Å². The molecule has 0 radical (unpaired) electrons. The van der Waals surface area contributed by atoms with Crippen LogP contribution in [0, 0.1) is 6.92 Å². The van der Waals surface area contributed by atoms with E-state index in [2.05, 4.69) is 46.1 Å². The molecule has 3 nitrogen and oxygen atoms in total. The molecule has 16 heavy (non-hydrogen) atoms. The van der Waals surface area contributed by atoms with Gasteiger partial charge < -0.3 is 5.32 Å². The molecule has 0 amide bonds. The highest BCUT2D eigenvalue weighted by molar-refractivity contribution is 7.97. The smallest absolute Gasteiger partial charge is 0.0763 e. The quantitative estimate of drug-likeness (QED) is 0.642. The summed E-state index contributed by atoms with van der Waals surface area (Å²) in [5, 5.41) is 7.60. The zero-order valence-electron chi connectivity index (χ0n) is 9.52. The third-order valence-corrected chi connectivity index (χ3v) is 3.37. The third kappa shape index (κ3) is 3.61. The molecule has 1 N–H and O–H groups in total. The van der Waals surface area contributed by atoms with Gasteiger partial charge in [0.2, 0.25) is 0 Å². The Morgan fingerprint density at radius 1 is 1.38 bits per heavy atom. The first-order valence-corrected chi connectivity index (χ1v) is 6.46. The van der Waals surface area contributed by atoms with Gasteiger partial charge in [0.05, 0.1) is 6.54 Å². The number of hydrogen-bond donors (Lipinski definition) is 1. The van der Waals surface area contributed by atoms with Crippen LogP contribution >= 0.6 is 11.9 Å². The van der Waals surface area contributed by atoms with Crippen LogP contribution < -0.4 is 5.32 Å². The maximum absolute atomic E-state index is 4.20. The van der Waals surface area contributed by atoms with E-state index in [0.717, 1.165) is 18.0 Å². The summed E-state index contributed by atoms with van der Waals surface area (Å²) in [6.07, 6.45) is 2.50. The molecule has 0 bridgehead atoms. The first kappa shape index (κ1) is 11.6. The van der Waals surface area contributed by atoms with Crippen LogP contribution in [-0.4, -0.2) is 19.1 Å². The number of nitrogens with one attached hydrogen (secondary N) is 1. The highest BCUT2D eigenvalue weighted by Crippen LogP contribution is 2.19. The van der Waals surface area contributed by atoms with Crippen molar-refractivity contribution in [1.82, 2.24) is 5.32 Å². The van der Waals surface area contributed by atoms with Gasteiger partial charge in [-0.1, -0.05) is 17.7 Å². The predicted molar refractivity (Wildman–Crippen MR) is 67.8 cm³/mol. The Labute approximate surface area is 101 Å². The highest BCUT2D eigenvalue weighted by atomic mass is 32.2. The van der Waals surface area contributed by atoms with Crippen LogP contribution in [0.3, 0.4) is 0 Å². The Morgan fingerprint density at radius 3 is 2.88 bits per heavy atom. The molecule has 1 heterocycles. The molecule has 1 atom stereocenters. The van der Waals surface area contributed by atoms with Gasteiger partial charge in [-0.05, 0) is 38.4 Å². The van der Waals surface area contributed by atoms with Crippen molar-refractivity contribution in [2.24, 2.45) is 9.63 Å². The monoisotopic (exact) mass is 235 g/mol. The molecule has 0 aliphatic carbocycles. The molecule has 0 saturated carbocycles. The van der Waals surface area contributed by atoms with Crippen molar-refractivity contribution < 1.29 is 0 Å². The minimum absolute atomic E-state index is 0.544. The van der Waals surface area contributed by atoms with E-state index in [4.69, 9.17) is 0 Å². The molecule has 1 fully saturated rings. The van der Waals surface area contributed by atoms with Crippen molar-refractivity contribution in [2.75, 3.05) is 13.1 Å². The zero-order chi connectivity index (χ0) is 11.2. The van der Waals surface area contributed by atoms with Crippen LogP contribution in [0.25, 0.3) is 0 Å². The fourth-order valence-corrected chi connectivity index (χ4v) is 2.20. The lowest BCUT2D eigenvalue weighted by atomic mass is 10.2. The Morgan fingerprint density at radius 2 is 2.19 bits per heavy atom. The van der Waals surface area contributed by atoms with Gasteiger partial charge in [0, 0.05) is 22.9 Å². The van der Waals surface area contributed by atoms with E-state index in [1.165, 1.54) is 30.4 Å². The van der Waals surface area contributed by atoms with Crippen molar-refractivity contribution in [2.45, 2.75) is 30.7 Å². The lowest BCUT2D eigenvalue weighted by Gasteiger charge is -2.03. The molecule has 86 valence electrons. The van der Waals surface area contributed by atoms with Crippen LogP contribution in [0.15, 0.2) is 38.8 Å². The second-order valence-electron chi connectivity index (χ2n) is 4.10. The molecular weight excluding hydrogens is 218 g/mol. The molecule has 1 unspecified atom stereocenters. The third-order valence-electron chi connectivity index (χ3n) is 2.69. The topological polar surface area (TPSA) is 36.8 Å². The highest BCUT2D eigenvalue weighted by Gasteiger charge is 2.12. The molecular formula is C12H17N3S. The number of rotatable bonds is 4. The van der Waals surface area contributed by atoms with E-state index in [9.17, 15) is 0 Å². The number of hydrogen-bond acceptors (Lipinski definition) is 4. The molecule has 4 heteroatoms. The summed E-state index contributed by atoms with van der Waals surface area (Å²) in [7, 11) is 0. The van der Waals surface area contributed by atoms with Crippen LogP contribution in [-0.2, 0) is 0 Å². The van der Waals surface area contributed by atoms with Crippen LogP contribution in [0.5, 0.6) is 0 Å².